The number of aromatic nitrogens is 3. The van der Waals surface area contributed by atoms with Crippen LogP contribution in [-0.2, 0) is 4.74 Å². The number of aryl methyl sites for hydroxylation is 1. The lowest BCUT2D eigenvalue weighted by molar-refractivity contribution is 0.0968. The molecule has 10 heteroatoms. The lowest BCUT2D eigenvalue weighted by atomic mass is 9.98. The minimum Gasteiger partial charge on any atom is -0.384 e. The number of pyridine rings is 1. The highest BCUT2D eigenvalue weighted by Crippen LogP contribution is 2.32. The second kappa shape index (κ2) is 13.0. The zero-order valence-electron chi connectivity index (χ0n) is 24.7. The van der Waals surface area contributed by atoms with Crippen molar-refractivity contribution in [1.29, 1.82) is 0 Å². The van der Waals surface area contributed by atoms with Gasteiger partial charge >= 0.3 is 0 Å². The molecule has 4 heterocycles. The summed E-state index contributed by atoms with van der Waals surface area (Å²) >= 11 is 0. The van der Waals surface area contributed by atoms with Gasteiger partial charge in [0.05, 0.1) is 11.6 Å². The summed E-state index contributed by atoms with van der Waals surface area (Å²) in [4.78, 5) is 31.7. The molecule has 4 aromatic rings. The van der Waals surface area contributed by atoms with E-state index in [0.29, 0.717) is 29.9 Å². The van der Waals surface area contributed by atoms with Crippen molar-refractivity contribution in [2.24, 2.45) is 5.92 Å². The minimum atomic E-state index is -0.614. The third kappa shape index (κ3) is 6.30. The smallest absolute Gasteiger partial charge is 0.262 e. The van der Waals surface area contributed by atoms with Crippen molar-refractivity contribution in [1.82, 2.24) is 20.3 Å². The zero-order valence-corrected chi connectivity index (χ0v) is 24.7. The normalized spacial score (nSPS) is 17.7. The third-order valence-corrected chi connectivity index (χ3v) is 8.50. The van der Waals surface area contributed by atoms with Crippen LogP contribution < -0.4 is 20.4 Å². The number of halogens is 1. The molecule has 2 N–H and O–H groups in total. The van der Waals surface area contributed by atoms with Gasteiger partial charge in [-0.3, -0.25) is 9.69 Å². The number of hydrogen-bond acceptors (Lipinski definition) is 8. The number of carbonyl (C=O) groups excluding carboxylic acids is 1. The van der Waals surface area contributed by atoms with Crippen LogP contribution >= 0.6 is 0 Å². The van der Waals surface area contributed by atoms with Crippen LogP contribution in [0.1, 0.15) is 41.6 Å². The van der Waals surface area contributed by atoms with Crippen LogP contribution in [0.25, 0.3) is 10.8 Å². The second-order valence-corrected chi connectivity index (χ2v) is 11.4. The fourth-order valence-electron chi connectivity index (χ4n) is 6.23. The number of piperidine rings is 2. The van der Waals surface area contributed by atoms with E-state index in [-0.39, 0.29) is 11.6 Å². The van der Waals surface area contributed by atoms with E-state index in [0.717, 1.165) is 74.1 Å². The molecule has 43 heavy (non-hydrogen) atoms. The van der Waals surface area contributed by atoms with Crippen molar-refractivity contribution in [3.05, 3.63) is 77.9 Å². The number of benzene rings is 2. The Labute approximate surface area is 251 Å². The molecule has 2 aromatic heterocycles. The van der Waals surface area contributed by atoms with Gasteiger partial charge in [-0.15, -0.1) is 0 Å². The van der Waals surface area contributed by atoms with Gasteiger partial charge in [-0.05, 0) is 86.4 Å². The SMILES string of the molecule is COCC1CCN(c2ccnc(Nc3ccc(C(=O)N(c4nccc5cccc(C)c45)[C@@H]4CCCNC4)c(F)c3)n2)CC1. The molecule has 2 aliphatic rings. The van der Waals surface area contributed by atoms with Gasteiger partial charge in [-0.25, -0.2) is 14.4 Å². The van der Waals surface area contributed by atoms with Crippen LogP contribution in [0.5, 0.6) is 0 Å². The van der Waals surface area contributed by atoms with Gasteiger partial charge in [0.25, 0.3) is 5.91 Å². The van der Waals surface area contributed by atoms with E-state index in [9.17, 15) is 4.79 Å². The Bertz CT molecular complexity index is 1580. The van der Waals surface area contributed by atoms with Gasteiger partial charge in [0.1, 0.15) is 17.5 Å². The predicted octanol–water partition coefficient (Wildman–Crippen LogP) is 5.48. The van der Waals surface area contributed by atoms with Crippen molar-refractivity contribution in [3.63, 3.8) is 0 Å². The summed E-state index contributed by atoms with van der Waals surface area (Å²) < 4.78 is 21.0. The minimum absolute atomic E-state index is 0.00268. The van der Waals surface area contributed by atoms with Gasteiger partial charge in [0, 0.05) is 56.8 Å². The molecule has 1 amide bonds. The molecule has 0 spiro atoms. The monoisotopic (exact) mass is 583 g/mol. The molecule has 0 unspecified atom stereocenters. The molecule has 0 bridgehead atoms. The number of ether oxygens (including phenoxy) is 1. The molecule has 0 radical (unpaired) electrons. The van der Waals surface area contributed by atoms with E-state index in [1.54, 1.807) is 30.5 Å². The van der Waals surface area contributed by atoms with Crippen LogP contribution in [-0.4, -0.2) is 66.8 Å². The van der Waals surface area contributed by atoms with Crippen LogP contribution in [0.15, 0.2) is 60.9 Å². The van der Waals surface area contributed by atoms with Gasteiger partial charge in [-0.1, -0.05) is 18.2 Å². The quantitative estimate of drug-likeness (QED) is 0.282. The molecule has 2 aromatic carbocycles. The summed E-state index contributed by atoms with van der Waals surface area (Å²) in [5.41, 5.74) is 1.48. The Hall–Kier alpha value is -4.15. The molecular weight excluding hydrogens is 545 g/mol. The highest BCUT2D eigenvalue weighted by atomic mass is 19.1. The maximum atomic E-state index is 15.7. The number of nitrogens with zero attached hydrogens (tertiary/aromatic N) is 5. The molecule has 0 aliphatic carbocycles. The van der Waals surface area contributed by atoms with Crippen molar-refractivity contribution < 1.29 is 13.9 Å². The number of anilines is 4. The molecule has 224 valence electrons. The number of nitrogens with one attached hydrogen (secondary N) is 2. The standard InChI is InChI=1S/C33H38FN7O2/c1-22-5-3-6-24-10-15-36-31(30(22)24)41(26-7-4-14-35-20-26)32(42)27-9-8-25(19-28(27)34)38-33-37-16-11-29(39-33)40-17-12-23(13-18-40)21-43-2/h3,5-6,8-11,15-16,19,23,26,35H,4,7,12-14,17-18,20-21H2,1-2H3,(H,37,38,39)/t26-/m1/s1. The van der Waals surface area contributed by atoms with Crippen LogP contribution in [0.3, 0.4) is 0 Å². The number of rotatable bonds is 8. The summed E-state index contributed by atoms with van der Waals surface area (Å²) in [5.74, 6) is 1.31. The van der Waals surface area contributed by atoms with Crippen molar-refractivity contribution in [2.45, 2.75) is 38.6 Å². The Morgan fingerprint density at radius 1 is 1.12 bits per heavy atom. The van der Waals surface area contributed by atoms with E-state index in [1.807, 2.05) is 37.3 Å². The Kier molecular flexibility index (Phi) is 8.76. The number of hydrogen-bond donors (Lipinski definition) is 2. The van der Waals surface area contributed by atoms with Crippen molar-refractivity contribution in [3.8, 4) is 0 Å². The Balaban J connectivity index is 1.24. The first-order valence-electron chi connectivity index (χ1n) is 15.0. The molecular formula is C33H38FN7O2. The average Bonchev–Trinajstić information content (AvgIpc) is 3.03. The Morgan fingerprint density at radius 2 is 1.95 bits per heavy atom. The zero-order chi connectivity index (χ0) is 29.8. The highest BCUT2D eigenvalue weighted by Gasteiger charge is 2.32. The van der Waals surface area contributed by atoms with Gasteiger partial charge < -0.3 is 20.3 Å². The van der Waals surface area contributed by atoms with E-state index in [1.165, 1.54) is 12.1 Å². The topological polar surface area (TPSA) is 95.5 Å². The molecule has 2 saturated heterocycles. The lowest BCUT2D eigenvalue weighted by Gasteiger charge is -2.35. The molecule has 0 saturated carbocycles. The fraction of sp³-hybridized carbons (Fsp3) is 0.394. The second-order valence-electron chi connectivity index (χ2n) is 11.4. The summed E-state index contributed by atoms with van der Waals surface area (Å²) in [6.45, 7) is 6.10. The number of methoxy groups -OCH3 is 1. The van der Waals surface area contributed by atoms with Gasteiger partial charge in [0.2, 0.25) is 5.95 Å². The number of fused-ring (bicyclic) bond motifs is 1. The highest BCUT2D eigenvalue weighted by molar-refractivity contribution is 6.11. The van der Waals surface area contributed by atoms with Crippen molar-refractivity contribution >= 4 is 40.0 Å². The molecule has 1 atom stereocenters. The van der Waals surface area contributed by atoms with Gasteiger partial charge in [-0.2, -0.15) is 4.98 Å². The van der Waals surface area contributed by atoms with E-state index < -0.39 is 11.7 Å². The first kappa shape index (κ1) is 28.9. The molecule has 2 aliphatic heterocycles. The lowest BCUT2D eigenvalue weighted by Crippen LogP contribution is -2.49. The maximum absolute atomic E-state index is 15.7. The number of amides is 1. The van der Waals surface area contributed by atoms with Crippen molar-refractivity contribution in [2.75, 3.05) is 55.0 Å². The van der Waals surface area contributed by atoms with E-state index >= 15 is 4.39 Å². The molecule has 2 fully saturated rings. The largest absolute Gasteiger partial charge is 0.384 e. The number of carbonyl (C=O) groups is 1. The molecule has 6 rings (SSSR count). The third-order valence-electron chi connectivity index (χ3n) is 8.50. The van der Waals surface area contributed by atoms with Gasteiger partial charge in [0.15, 0.2) is 0 Å². The first-order chi connectivity index (χ1) is 21.0. The van der Waals surface area contributed by atoms with Crippen LogP contribution in [0.4, 0.5) is 27.7 Å². The average molecular weight is 584 g/mol. The predicted molar refractivity (Wildman–Crippen MR) is 168 cm³/mol. The molecule has 9 nitrogen and oxygen atoms in total. The summed E-state index contributed by atoms with van der Waals surface area (Å²) in [6, 6.07) is 14.3. The van der Waals surface area contributed by atoms with E-state index in [2.05, 4.69) is 30.5 Å². The summed E-state index contributed by atoms with van der Waals surface area (Å²) in [5, 5.41) is 8.41. The van der Waals surface area contributed by atoms with E-state index in [4.69, 9.17) is 4.74 Å². The Morgan fingerprint density at radius 3 is 2.72 bits per heavy atom. The fourth-order valence-corrected chi connectivity index (χ4v) is 6.23. The van der Waals surface area contributed by atoms with Crippen LogP contribution in [0.2, 0.25) is 0 Å². The van der Waals surface area contributed by atoms with Crippen LogP contribution in [0, 0.1) is 18.7 Å². The summed E-state index contributed by atoms with van der Waals surface area (Å²) in [6.07, 6.45) is 7.24. The first-order valence-corrected chi connectivity index (χ1v) is 15.0. The summed E-state index contributed by atoms with van der Waals surface area (Å²) in [7, 11) is 1.74. The maximum Gasteiger partial charge on any atom is 0.262 e.